The minimum absolute atomic E-state index is 0.198. The molecule has 0 unspecified atom stereocenters. The van der Waals surface area contributed by atoms with Gasteiger partial charge in [0.05, 0.1) is 18.5 Å². The van der Waals surface area contributed by atoms with E-state index in [2.05, 4.69) is 15.2 Å². The highest BCUT2D eigenvalue weighted by Gasteiger charge is 2.10. The van der Waals surface area contributed by atoms with Crippen LogP contribution in [0.2, 0.25) is 0 Å². The third kappa shape index (κ3) is 5.04. The van der Waals surface area contributed by atoms with Gasteiger partial charge in [-0.25, -0.2) is 4.68 Å². The van der Waals surface area contributed by atoms with Crippen LogP contribution in [0.15, 0.2) is 36.4 Å². The highest BCUT2D eigenvalue weighted by atomic mass is 16.5. The van der Waals surface area contributed by atoms with Gasteiger partial charge in [-0.1, -0.05) is 18.2 Å². The van der Waals surface area contributed by atoms with Gasteiger partial charge in [-0.05, 0) is 38.5 Å². The largest absolute Gasteiger partial charge is 0.469 e. The van der Waals surface area contributed by atoms with Crippen molar-refractivity contribution in [2.45, 2.75) is 26.7 Å². The molecule has 0 aliphatic carbocycles. The molecule has 0 spiro atoms. The maximum absolute atomic E-state index is 11.9. The first-order chi connectivity index (χ1) is 12.0. The third-order valence-corrected chi connectivity index (χ3v) is 3.83. The highest BCUT2D eigenvalue weighted by molar-refractivity contribution is 5.92. The number of aromatic nitrogens is 2. The average molecular weight is 341 g/mol. The Labute approximate surface area is 147 Å². The van der Waals surface area contributed by atoms with Crippen LogP contribution < -0.4 is 5.32 Å². The molecule has 132 valence electrons. The quantitative estimate of drug-likeness (QED) is 0.477. The Morgan fingerprint density at radius 3 is 2.64 bits per heavy atom. The van der Waals surface area contributed by atoms with Crippen molar-refractivity contribution < 1.29 is 14.3 Å². The molecule has 0 aliphatic rings. The van der Waals surface area contributed by atoms with Crippen LogP contribution in [-0.4, -0.2) is 35.3 Å². The molecule has 0 saturated heterocycles. The van der Waals surface area contributed by atoms with Gasteiger partial charge < -0.3 is 10.1 Å². The number of carbonyl (C=O) groups excluding carboxylic acids is 2. The molecule has 2 aromatic rings. The number of para-hydroxylation sites is 1. The summed E-state index contributed by atoms with van der Waals surface area (Å²) < 4.78 is 6.42. The molecule has 0 fully saturated rings. The van der Waals surface area contributed by atoms with Gasteiger partial charge in [0.2, 0.25) is 5.91 Å². The lowest BCUT2D eigenvalue weighted by Crippen LogP contribution is -2.22. The number of aryl methyl sites for hydroxylation is 1. The van der Waals surface area contributed by atoms with Crippen molar-refractivity contribution in [3.05, 3.63) is 53.4 Å². The first kappa shape index (κ1) is 18.4. The Bertz CT molecular complexity index is 764. The molecule has 1 aromatic heterocycles. The van der Waals surface area contributed by atoms with Gasteiger partial charge in [-0.15, -0.1) is 0 Å². The van der Waals surface area contributed by atoms with E-state index in [1.807, 2.05) is 48.9 Å². The molecular formula is C19H23N3O3. The summed E-state index contributed by atoms with van der Waals surface area (Å²) in [7, 11) is 1.35. The number of ether oxygens (including phenoxy) is 1. The number of carbonyl (C=O) groups is 2. The standard InChI is InChI=1S/C19H23N3O3/c1-14-17(11-12-18(23)20-13-7-10-19(24)25-3)15(2)22(21-14)16-8-5-4-6-9-16/h4-6,8-9,11-12H,7,10,13H2,1-3H3,(H,20,23)/b12-11+. The van der Waals surface area contributed by atoms with Gasteiger partial charge >= 0.3 is 5.97 Å². The van der Waals surface area contributed by atoms with Crippen LogP contribution in [0.1, 0.15) is 29.8 Å². The number of rotatable bonds is 7. The summed E-state index contributed by atoms with van der Waals surface area (Å²) in [5.74, 6) is -0.472. The molecule has 6 heteroatoms. The summed E-state index contributed by atoms with van der Waals surface area (Å²) in [4.78, 5) is 22.9. The second kappa shape index (κ2) is 8.82. The topological polar surface area (TPSA) is 73.2 Å². The van der Waals surface area contributed by atoms with Crippen LogP contribution in [0.3, 0.4) is 0 Å². The maximum Gasteiger partial charge on any atom is 0.305 e. The van der Waals surface area contributed by atoms with E-state index >= 15 is 0 Å². The molecule has 0 saturated carbocycles. The summed E-state index contributed by atoms with van der Waals surface area (Å²) in [6, 6.07) is 9.86. The number of esters is 1. The second-order valence-electron chi connectivity index (χ2n) is 5.64. The maximum atomic E-state index is 11.9. The van der Waals surface area contributed by atoms with Crippen molar-refractivity contribution in [3.63, 3.8) is 0 Å². The first-order valence-electron chi connectivity index (χ1n) is 8.17. The molecular weight excluding hydrogens is 318 g/mol. The van der Waals surface area contributed by atoms with Crippen molar-refractivity contribution >= 4 is 18.0 Å². The van der Waals surface area contributed by atoms with Crippen LogP contribution in [-0.2, 0) is 14.3 Å². The van der Waals surface area contributed by atoms with Crippen molar-refractivity contribution in [1.29, 1.82) is 0 Å². The Hall–Kier alpha value is -2.89. The van der Waals surface area contributed by atoms with Crippen LogP contribution >= 0.6 is 0 Å². The summed E-state index contributed by atoms with van der Waals surface area (Å²) in [5, 5.41) is 7.29. The molecule has 1 N–H and O–H groups in total. The van der Waals surface area contributed by atoms with Gasteiger partial charge in [-0.2, -0.15) is 5.10 Å². The summed E-state index contributed by atoms with van der Waals surface area (Å²) in [6.07, 6.45) is 4.11. The SMILES string of the molecule is COC(=O)CCCNC(=O)/C=C/c1c(C)nn(-c2ccccc2)c1C. The van der Waals surface area contributed by atoms with E-state index in [1.54, 1.807) is 6.08 Å². The van der Waals surface area contributed by atoms with E-state index in [1.165, 1.54) is 13.2 Å². The zero-order valence-corrected chi connectivity index (χ0v) is 14.8. The lowest BCUT2D eigenvalue weighted by molar-refractivity contribution is -0.140. The van der Waals surface area contributed by atoms with Gasteiger partial charge in [0.15, 0.2) is 0 Å². The fourth-order valence-electron chi connectivity index (χ4n) is 2.48. The molecule has 1 heterocycles. The number of hydrogen-bond acceptors (Lipinski definition) is 4. The number of amides is 1. The zero-order chi connectivity index (χ0) is 18.2. The average Bonchev–Trinajstić information content (AvgIpc) is 2.91. The van der Waals surface area contributed by atoms with E-state index in [0.717, 1.165) is 22.6 Å². The van der Waals surface area contributed by atoms with Gasteiger partial charge in [-0.3, -0.25) is 9.59 Å². The van der Waals surface area contributed by atoms with Crippen molar-refractivity contribution in [1.82, 2.24) is 15.1 Å². The predicted octanol–water partition coefficient (Wildman–Crippen LogP) is 2.57. The van der Waals surface area contributed by atoms with E-state index < -0.39 is 0 Å². The highest BCUT2D eigenvalue weighted by Crippen LogP contribution is 2.18. The van der Waals surface area contributed by atoms with E-state index in [0.29, 0.717) is 19.4 Å². The fourth-order valence-corrected chi connectivity index (χ4v) is 2.48. The Kier molecular flexibility index (Phi) is 6.51. The monoisotopic (exact) mass is 341 g/mol. The molecule has 0 radical (unpaired) electrons. The molecule has 0 bridgehead atoms. The smallest absolute Gasteiger partial charge is 0.305 e. The summed E-state index contributed by atoms with van der Waals surface area (Å²) >= 11 is 0. The summed E-state index contributed by atoms with van der Waals surface area (Å²) in [5.41, 5.74) is 3.73. The molecule has 1 amide bonds. The lowest BCUT2D eigenvalue weighted by atomic mass is 10.2. The molecule has 25 heavy (non-hydrogen) atoms. The Morgan fingerprint density at radius 1 is 1.24 bits per heavy atom. The van der Waals surface area contributed by atoms with Gasteiger partial charge in [0.25, 0.3) is 0 Å². The van der Waals surface area contributed by atoms with Crippen LogP contribution in [0, 0.1) is 13.8 Å². The number of methoxy groups -OCH3 is 1. The molecule has 6 nitrogen and oxygen atoms in total. The zero-order valence-electron chi connectivity index (χ0n) is 14.8. The fraction of sp³-hybridized carbons (Fsp3) is 0.316. The predicted molar refractivity (Wildman–Crippen MR) is 96.3 cm³/mol. The van der Waals surface area contributed by atoms with Crippen molar-refractivity contribution in [3.8, 4) is 5.69 Å². The first-order valence-corrected chi connectivity index (χ1v) is 8.17. The molecule has 2 rings (SSSR count). The van der Waals surface area contributed by atoms with Gasteiger partial charge in [0.1, 0.15) is 0 Å². The number of benzene rings is 1. The lowest BCUT2D eigenvalue weighted by Gasteiger charge is -2.04. The van der Waals surface area contributed by atoms with Crippen LogP contribution in [0.25, 0.3) is 11.8 Å². The number of hydrogen-bond donors (Lipinski definition) is 1. The molecule has 0 atom stereocenters. The van der Waals surface area contributed by atoms with E-state index in [4.69, 9.17) is 0 Å². The third-order valence-electron chi connectivity index (χ3n) is 3.83. The number of nitrogens with zero attached hydrogens (tertiary/aromatic N) is 2. The Morgan fingerprint density at radius 2 is 1.96 bits per heavy atom. The second-order valence-corrected chi connectivity index (χ2v) is 5.64. The normalized spacial score (nSPS) is 10.8. The van der Waals surface area contributed by atoms with Crippen LogP contribution in [0.4, 0.5) is 0 Å². The van der Waals surface area contributed by atoms with Crippen molar-refractivity contribution in [2.24, 2.45) is 0 Å². The Balaban J connectivity index is 1.98. The summed E-state index contributed by atoms with van der Waals surface area (Å²) in [6.45, 7) is 4.32. The minimum atomic E-state index is -0.274. The van der Waals surface area contributed by atoms with Gasteiger partial charge in [0, 0.05) is 30.3 Å². The number of nitrogens with one attached hydrogen (secondary N) is 1. The van der Waals surface area contributed by atoms with Crippen molar-refractivity contribution in [2.75, 3.05) is 13.7 Å². The molecule has 1 aromatic carbocycles. The minimum Gasteiger partial charge on any atom is -0.469 e. The van der Waals surface area contributed by atoms with E-state index in [9.17, 15) is 9.59 Å². The van der Waals surface area contributed by atoms with E-state index in [-0.39, 0.29) is 11.9 Å². The molecule has 0 aliphatic heterocycles. The van der Waals surface area contributed by atoms with Crippen LogP contribution in [0.5, 0.6) is 0 Å².